The Labute approximate surface area is 134 Å². The van der Waals surface area contributed by atoms with Crippen LogP contribution < -0.4 is 4.90 Å². The van der Waals surface area contributed by atoms with Crippen LogP contribution in [0.2, 0.25) is 5.15 Å². The molecule has 2 aromatic rings. The van der Waals surface area contributed by atoms with Crippen molar-refractivity contribution in [3.8, 4) is 35.6 Å². The highest BCUT2D eigenvalue weighted by molar-refractivity contribution is 6.31. The van der Waals surface area contributed by atoms with Crippen molar-refractivity contribution in [1.29, 1.82) is 10.5 Å². The normalized spacial score (nSPS) is 9.41. The molecule has 0 aliphatic carbocycles. The second-order valence-corrected chi connectivity index (χ2v) is 4.86. The van der Waals surface area contributed by atoms with Crippen LogP contribution in [0, 0.1) is 35.0 Å². The number of aromatic nitrogens is 1. The molecular weight excluding hydrogens is 296 g/mol. The van der Waals surface area contributed by atoms with Gasteiger partial charge in [0.15, 0.2) is 0 Å². The maximum absolute atomic E-state index is 9.57. The Hall–Kier alpha value is -3.00. The highest BCUT2D eigenvalue weighted by Gasteiger charge is 2.22. The van der Waals surface area contributed by atoms with Crippen LogP contribution in [-0.2, 0) is 0 Å². The molecule has 0 aliphatic heterocycles. The van der Waals surface area contributed by atoms with Crippen molar-refractivity contribution >= 4 is 17.4 Å². The molecule has 0 unspecified atom stereocenters. The predicted octanol–water partition coefficient (Wildman–Crippen LogP) is 3.21. The van der Waals surface area contributed by atoms with Crippen LogP contribution >= 0.6 is 11.6 Å². The van der Waals surface area contributed by atoms with Gasteiger partial charge in [0.25, 0.3) is 0 Å². The van der Waals surface area contributed by atoms with Gasteiger partial charge >= 0.3 is 0 Å². The van der Waals surface area contributed by atoms with Gasteiger partial charge in [-0.15, -0.1) is 6.42 Å². The van der Waals surface area contributed by atoms with Crippen LogP contribution in [0.15, 0.2) is 30.3 Å². The molecule has 0 atom stereocenters. The van der Waals surface area contributed by atoms with Gasteiger partial charge in [0.05, 0.1) is 12.1 Å². The molecule has 1 aromatic carbocycles. The number of hydrogen-bond donors (Lipinski definition) is 0. The second kappa shape index (κ2) is 6.64. The third kappa shape index (κ3) is 2.72. The number of nitriles is 2. The molecule has 0 aliphatic rings. The topological polar surface area (TPSA) is 63.7 Å². The first-order valence-corrected chi connectivity index (χ1v) is 6.75. The monoisotopic (exact) mass is 306 g/mol. The molecule has 0 saturated heterocycles. The molecule has 0 bridgehead atoms. The lowest BCUT2D eigenvalue weighted by atomic mass is 9.96. The average Bonchev–Trinajstić information content (AvgIpc) is 2.54. The summed E-state index contributed by atoms with van der Waals surface area (Å²) in [5.41, 5.74) is 1.67. The number of nitrogens with zero attached hydrogens (tertiary/aromatic N) is 4. The number of benzene rings is 1. The first kappa shape index (κ1) is 15.4. The van der Waals surface area contributed by atoms with Crippen molar-refractivity contribution in [3.05, 3.63) is 46.6 Å². The van der Waals surface area contributed by atoms with E-state index in [1.54, 1.807) is 11.9 Å². The van der Waals surface area contributed by atoms with E-state index in [0.29, 0.717) is 11.4 Å². The van der Waals surface area contributed by atoms with Gasteiger partial charge in [-0.05, 0) is 5.56 Å². The zero-order valence-corrected chi connectivity index (χ0v) is 12.6. The van der Waals surface area contributed by atoms with E-state index in [1.165, 1.54) is 0 Å². The summed E-state index contributed by atoms with van der Waals surface area (Å²) in [5, 5.41) is 19.0. The van der Waals surface area contributed by atoms with Crippen molar-refractivity contribution < 1.29 is 0 Å². The predicted molar refractivity (Wildman–Crippen MR) is 86.2 cm³/mol. The molecule has 1 aromatic heterocycles. The fraction of sp³-hybridized carbons (Fsp3) is 0.118. The highest BCUT2D eigenvalue weighted by atomic mass is 35.5. The van der Waals surface area contributed by atoms with Gasteiger partial charge in [-0.2, -0.15) is 10.5 Å². The molecule has 0 spiro atoms. The van der Waals surface area contributed by atoms with Gasteiger partial charge in [0.1, 0.15) is 28.7 Å². The zero-order valence-electron chi connectivity index (χ0n) is 11.8. The molecule has 5 heteroatoms. The molecule has 0 amide bonds. The van der Waals surface area contributed by atoms with Crippen molar-refractivity contribution in [3.63, 3.8) is 0 Å². The average molecular weight is 307 g/mol. The first-order chi connectivity index (χ1) is 10.6. The SMILES string of the molecule is C#CCN(C)c1nc(Cl)c(C#N)c(-c2ccccc2)c1C#N. The quantitative estimate of drug-likeness (QED) is 0.645. The van der Waals surface area contributed by atoms with Crippen LogP contribution in [0.25, 0.3) is 11.1 Å². The third-order valence-electron chi connectivity index (χ3n) is 3.11. The number of rotatable bonds is 3. The smallest absolute Gasteiger partial charge is 0.149 e. The molecule has 0 saturated carbocycles. The van der Waals surface area contributed by atoms with Crippen LogP contribution in [0.5, 0.6) is 0 Å². The fourth-order valence-corrected chi connectivity index (χ4v) is 2.35. The lowest BCUT2D eigenvalue weighted by Gasteiger charge is -2.19. The van der Waals surface area contributed by atoms with E-state index in [0.717, 1.165) is 5.56 Å². The molecular formula is C17H11ClN4. The van der Waals surface area contributed by atoms with Crippen LogP contribution in [-0.4, -0.2) is 18.6 Å². The molecule has 0 N–H and O–H groups in total. The van der Waals surface area contributed by atoms with E-state index < -0.39 is 0 Å². The Kier molecular flexibility index (Phi) is 4.64. The zero-order chi connectivity index (χ0) is 16.1. The summed E-state index contributed by atoms with van der Waals surface area (Å²) in [7, 11) is 1.72. The third-order valence-corrected chi connectivity index (χ3v) is 3.38. The maximum atomic E-state index is 9.57. The summed E-state index contributed by atoms with van der Waals surface area (Å²) in [6.07, 6.45) is 5.31. The standard InChI is InChI=1S/C17H11ClN4/c1-3-9-22(2)17-14(11-20)15(12-7-5-4-6-8-12)13(10-19)16(18)21-17/h1,4-8H,9H2,2H3. The van der Waals surface area contributed by atoms with Crippen LogP contribution in [0.1, 0.15) is 11.1 Å². The molecule has 106 valence electrons. The summed E-state index contributed by atoms with van der Waals surface area (Å²) in [4.78, 5) is 5.82. The number of anilines is 1. The van der Waals surface area contributed by atoms with Crippen molar-refractivity contribution in [2.75, 3.05) is 18.5 Å². The van der Waals surface area contributed by atoms with Gasteiger partial charge in [0, 0.05) is 12.6 Å². The molecule has 0 fully saturated rings. The molecule has 1 heterocycles. The van der Waals surface area contributed by atoms with Crippen molar-refractivity contribution in [2.45, 2.75) is 0 Å². The Morgan fingerprint density at radius 1 is 1.18 bits per heavy atom. The summed E-state index contributed by atoms with van der Waals surface area (Å²) < 4.78 is 0. The lowest BCUT2D eigenvalue weighted by molar-refractivity contribution is 1.00. The summed E-state index contributed by atoms with van der Waals surface area (Å²) in [6, 6.07) is 13.3. The van der Waals surface area contributed by atoms with E-state index >= 15 is 0 Å². The van der Waals surface area contributed by atoms with E-state index in [4.69, 9.17) is 18.0 Å². The first-order valence-electron chi connectivity index (χ1n) is 6.37. The van der Waals surface area contributed by atoms with Crippen LogP contribution in [0.4, 0.5) is 5.82 Å². The van der Waals surface area contributed by atoms with E-state index in [-0.39, 0.29) is 22.8 Å². The minimum Gasteiger partial charge on any atom is -0.347 e. The van der Waals surface area contributed by atoms with Gasteiger partial charge in [-0.3, -0.25) is 0 Å². The number of halogens is 1. The highest BCUT2D eigenvalue weighted by Crippen LogP contribution is 2.35. The number of pyridine rings is 1. The fourth-order valence-electron chi connectivity index (χ4n) is 2.13. The van der Waals surface area contributed by atoms with Gasteiger partial charge < -0.3 is 4.90 Å². The van der Waals surface area contributed by atoms with Gasteiger partial charge in [0.2, 0.25) is 0 Å². The summed E-state index contributed by atoms with van der Waals surface area (Å²) in [6.45, 7) is 0.276. The number of hydrogen-bond acceptors (Lipinski definition) is 4. The molecule has 0 radical (unpaired) electrons. The Balaban J connectivity index is 2.84. The summed E-state index contributed by atoms with van der Waals surface area (Å²) in [5.74, 6) is 2.86. The van der Waals surface area contributed by atoms with Crippen molar-refractivity contribution in [1.82, 2.24) is 4.98 Å². The Morgan fingerprint density at radius 3 is 2.36 bits per heavy atom. The Morgan fingerprint density at radius 2 is 1.82 bits per heavy atom. The largest absolute Gasteiger partial charge is 0.347 e. The van der Waals surface area contributed by atoms with E-state index in [1.807, 2.05) is 36.4 Å². The molecule has 2 rings (SSSR count). The summed E-state index contributed by atoms with van der Waals surface area (Å²) >= 11 is 6.14. The second-order valence-electron chi connectivity index (χ2n) is 4.50. The van der Waals surface area contributed by atoms with Gasteiger partial charge in [-0.25, -0.2) is 4.98 Å². The van der Waals surface area contributed by atoms with E-state index in [2.05, 4.69) is 17.0 Å². The van der Waals surface area contributed by atoms with Crippen LogP contribution in [0.3, 0.4) is 0 Å². The molecule has 22 heavy (non-hydrogen) atoms. The number of terminal acetylenes is 1. The minimum atomic E-state index is 0.0548. The Bertz CT molecular complexity index is 823. The van der Waals surface area contributed by atoms with Crippen molar-refractivity contribution in [2.24, 2.45) is 0 Å². The lowest BCUT2D eigenvalue weighted by Crippen LogP contribution is -2.20. The minimum absolute atomic E-state index is 0.0548. The maximum Gasteiger partial charge on any atom is 0.149 e. The van der Waals surface area contributed by atoms with E-state index in [9.17, 15) is 10.5 Å². The van der Waals surface area contributed by atoms with Gasteiger partial charge in [-0.1, -0.05) is 47.9 Å². The molecule has 4 nitrogen and oxygen atoms in total.